The smallest absolute Gasteiger partial charge is 0.178 e. The summed E-state index contributed by atoms with van der Waals surface area (Å²) in [6.45, 7) is 3.39. The van der Waals surface area contributed by atoms with Crippen LogP contribution in [-0.2, 0) is 6.54 Å². The number of fused-ring (bicyclic) bond motifs is 1. The topological polar surface area (TPSA) is 29.9 Å². The Morgan fingerprint density at radius 3 is 3.00 bits per heavy atom. The van der Waals surface area contributed by atoms with Crippen LogP contribution in [-0.4, -0.2) is 16.7 Å². The zero-order chi connectivity index (χ0) is 14.1. The summed E-state index contributed by atoms with van der Waals surface area (Å²) in [5, 5.41) is 0. The minimum Gasteiger partial charge on any atom is -0.497 e. The molecule has 1 aromatic heterocycles. The zero-order valence-electron chi connectivity index (χ0n) is 12.2. The van der Waals surface area contributed by atoms with Gasteiger partial charge in [0.1, 0.15) is 5.75 Å². The molecule has 2 aromatic rings. The van der Waals surface area contributed by atoms with E-state index in [4.69, 9.17) is 17.0 Å². The van der Waals surface area contributed by atoms with E-state index in [-0.39, 0.29) is 0 Å². The lowest BCUT2D eigenvalue weighted by Crippen LogP contribution is -2.18. The predicted octanol–water partition coefficient (Wildman–Crippen LogP) is 4.53. The highest BCUT2D eigenvalue weighted by Crippen LogP contribution is 2.31. The average molecular weight is 290 g/mol. The van der Waals surface area contributed by atoms with Crippen LogP contribution in [0.25, 0.3) is 11.0 Å². The van der Waals surface area contributed by atoms with Crippen molar-refractivity contribution in [2.24, 2.45) is 11.8 Å². The van der Waals surface area contributed by atoms with Gasteiger partial charge in [-0.3, -0.25) is 0 Å². The molecule has 3 rings (SSSR count). The second kappa shape index (κ2) is 5.60. The lowest BCUT2D eigenvalue weighted by molar-refractivity contribution is 0.258. The first-order chi connectivity index (χ1) is 9.67. The first kappa shape index (κ1) is 13.7. The number of benzene rings is 1. The van der Waals surface area contributed by atoms with Gasteiger partial charge in [0.05, 0.1) is 18.1 Å². The van der Waals surface area contributed by atoms with Gasteiger partial charge >= 0.3 is 0 Å². The van der Waals surface area contributed by atoms with Gasteiger partial charge in [0, 0.05) is 12.6 Å². The predicted molar refractivity (Wildman–Crippen MR) is 84.8 cm³/mol. The third-order valence-corrected chi connectivity index (χ3v) is 4.79. The van der Waals surface area contributed by atoms with Crippen LogP contribution >= 0.6 is 12.2 Å². The molecular weight excluding hydrogens is 268 g/mol. The Bertz CT molecular complexity index is 658. The number of hydrogen-bond donors (Lipinski definition) is 1. The van der Waals surface area contributed by atoms with Crippen molar-refractivity contribution < 1.29 is 4.74 Å². The van der Waals surface area contributed by atoms with Crippen molar-refractivity contribution in [3.8, 4) is 5.75 Å². The van der Waals surface area contributed by atoms with Crippen molar-refractivity contribution in [3.05, 3.63) is 23.0 Å². The van der Waals surface area contributed by atoms with Gasteiger partial charge in [-0.15, -0.1) is 0 Å². The Kier molecular flexibility index (Phi) is 3.83. The number of ether oxygens (including phenoxy) is 1. The number of hydrogen-bond acceptors (Lipinski definition) is 2. The number of imidazole rings is 1. The van der Waals surface area contributed by atoms with Crippen LogP contribution in [0.1, 0.15) is 32.6 Å². The number of H-pyrrole nitrogens is 1. The molecule has 2 atom stereocenters. The average Bonchev–Trinajstić information content (AvgIpc) is 2.74. The van der Waals surface area contributed by atoms with Gasteiger partial charge in [0.2, 0.25) is 0 Å². The molecule has 0 amide bonds. The van der Waals surface area contributed by atoms with Crippen molar-refractivity contribution in [1.82, 2.24) is 9.55 Å². The fraction of sp³-hybridized carbons (Fsp3) is 0.562. The largest absolute Gasteiger partial charge is 0.497 e. The number of nitrogens with zero attached hydrogens (tertiary/aromatic N) is 1. The number of aromatic amines is 1. The Morgan fingerprint density at radius 2 is 2.25 bits per heavy atom. The summed E-state index contributed by atoms with van der Waals surface area (Å²) in [5.74, 6) is 2.48. The molecule has 0 saturated heterocycles. The van der Waals surface area contributed by atoms with Gasteiger partial charge in [0.25, 0.3) is 0 Å². The first-order valence-electron chi connectivity index (χ1n) is 7.44. The Balaban J connectivity index is 1.93. The van der Waals surface area contributed by atoms with Crippen LogP contribution in [0.5, 0.6) is 5.75 Å². The zero-order valence-corrected chi connectivity index (χ0v) is 13.0. The van der Waals surface area contributed by atoms with Gasteiger partial charge in [-0.1, -0.05) is 19.8 Å². The van der Waals surface area contributed by atoms with E-state index in [1.807, 2.05) is 12.1 Å². The molecule has 0 bridgehead atoms. The van der Waals surface area contributed by atoms with E-state index in [2.05, 4.69) is 22.5 Å². The van der Waals surface area contributed by atoms with E-state index in [0.717, 1.165) is 39.9 Å². The van der Waals surface area contributed by atoms with Crippen LogP contribution in [0.2, 0.25) is 0 Å². The maximum absolute atomic E-state index is 5.50. The van der Waals surface area contributed by atoms with E-state index in [1.165, 1.54) is 25.7 Å². The highest BCUT2D eigenvalue weighted by Gasteiger charge is 2.20. The van der Waals surface area contributed by atoms with Crippen molar-refractivity contribution in [3.63, 3.8) is 0 Å². The molecule has 2 unspecified atom stereocenters. The molecule has 1 aliphatic rings. The normalized spacial score (nSPS) is 23.1. The highest BCUT2D eigenvalue weighted by atomic mass is 32.1. The van der Waals surface area contributed by atoms with Crippen LogP contribution in [0.3, 0.4) is 0 Å². The molecule has 4 heteroatoms. The van der Waals surface area contributed by atoms with E-state index >= 15 is 0 Å². The summed E-state index contributed by atoms with van der Waals surface area (Å²) in [4.78, 5) is 3.30. The number of methoxy groups -OCH3 is 1. The Labute approximate surface area is 125 Å². The van der Waals surface area contributed by atoms with Crippen molar-refractivity contribution in [1.29, 1.82) is 0 Å². The molecule has 1 fully saturated rings. The second-order valence-corrected chi connectivity index (χ2v) is 6.45. The van der Waals surface area contributed by atoms with Crippen LogP contribution in [0.4, 0.5) is 0 Å². The molecule has 1 aromatic carbocycles. The van der Waals surface area contributed by atoms with Gasteiger partial charge in [-0.25, -0.2) is 0 Å². The molecule has 3 nitrogen and oxygen atoms in total. The van der Waals surface area contributed by atoms with Crippen LogP contribution < -0.4 is 4.74 Å². The monoisotopic (exact) mass is 290 g/mol. The van der Waals surface area contributed by atoms with Crippen molar-refractivity contribution in [2.45, 2.75) is 39.2 Å². The van der Waals surface area contributed by atoms with E-state index in [1.54, 1.807) is 7.11 Å². The molecule has 1 heterocycles. The molecule has 20 heavy (non-hydrogen) atoms. The molecule has 0 spiro atoms. The van der Waals surface area contributed by atoms with Gasteiger partial charge in [-0.2, -0.15) is 0 Å². The maximum atomic E-state index is 5.50. The summed E-state index contributed by atoms with van der Waals surface area (Å²) >= 11 is 5.50. The third-order valence-electron chi connectivity index (χ3n) is 4.47. The summed E-state index contributed by atoms with van der Waals surface area (Å²) < 4.78 is 8.40. The van der Waals surface area contributed by atoms with Gasteiger partial charge < -0.3 is 14.3 Å². The quantitative estimate of drug-likeness (QED) is 0.841. The van der Waals surface area contributed by atoms with E-state index < -0.39 is 0 Å². The fourth-order valence-corrected chi connectivity index (χ4v) is 3.71. The Hall–Kier alpha value is -1.29. The maximum Gasteiger partial charge on any atom is 0.178 e. The molecule has 0 radical (unpaired) electrons. The first-order valence-corrected chi connectivity index (χ1v) is 7.84. The number of rotatable bonds is 3. The number of nitrogens with one attached hydrogen (secondary N) is 1. The molecule has 1 aliphatic carbocycles. The van der Waals surface area contributed by atoms with Crippen LogP contribution in [0, 0.1) is 16.6 Å². The SMILES string of the molecule is COc1ccc2[nH]c(=S)n(CC3CCCC(C)C3)c2c1. The minimum atomic E-state index is 0.746. The molecule has 1 N–H and O–H groups in total. The molecular formula is C16H22N2OS. The summed E-state index contributed by atoms with van der Waals surface area (Å²) in [7, 11) is 1.70. The summed E-state index contributed by atoms with van der Waals surface area (Å²) in [6.07, 6.45) is 5.37. The lowest BCUT2D eigenvalue weighted by atomic mass is 9.82. The lowest BCUT2D eigenvalue weighted by Gasteiger charge is -2.27. The Morgan fingerprint density at radius 1 is 1.40 bits per heavy atom. The summed E-state index contributed by atoms with van der Waals surface area (Å²) in [5.41, 5.74) is 2.26. The van der Waals surface area contributed by atoms with Crippen LogP contribution in [0.15, 0.2) is 18.2 Å². The standard InChI is InChI=1S/C16H22N2OS/c1-11-4-3-5-12(8-11)10-18-15-9-13(19-2)6-7-14(15)17-16(18)20/h6-7,9,11-12H,3-5,8,10H2,1-2H3,(H,17,20). The summed E-state index contributed by atoms with van der Waals surface area (Å²) in [6, 6.07) is 6.10. The van der Waals surface area contributed by atoms with E-state index in [9.17, 15) is 0 Å². The van der Waals surface area contributed by atoms with Gasteiger partial charge in [0.15, 0.2) is 4.77 Å². The molecule has 0 aliphatic heterocycles. The highest BCUT2D eigenvalue weighted by molar-refractivity contribution is 7.71. The number of aromatic nitrogens is 2. The minimum absolute atomic E-state index is 0.746. The van der Waals surface area contributed by atoms with Gasteiger partial charge in [-0.05, 0) is 49.0 Å². The fourth-order valence-electron chi connectivity index (χ4n) is 3.42. The third kappa shape index (κ3) is 2.62. The second-order valence-electron chi connectivity index (χ2n) is 6.06. The van der Waals surface area contributed by atoms with Crippen molar-refractivity contribution in [2.75, 3.05) is 7.11 Å². The van der Waals surface area contributed by atoms with Crippen molar-refractivity contribution >= 4 is 23.3 Å². The van der Waals surface area contributed by atoms with E-state index in [0.29, 0.717) is 0 Å². The molecule has 108 valence electrons. The molecule has 1 saturated carbocycles.